The third kappa shape index (κ3) is 5.64. The Bertz CT molecular complexity index is 681. The van der Waals surface area contributed by atoms with E-state index in [9.17, 15) is 14.3 Å². The average molecular weight is 335 g/mol. The van der Waals surface area contributed by atoms with Crippen molar-refractivity contribution in [1.82, 2.24) is 14.7 Å². The third-order valence-corrected chi connectivity index (χ3v) is 3.16. The molecular weight excluding hydrogens is 313 g/mol. The van der Waals surface area contributed by atoms with Gasteiger partial charge in [0.1, 0.15) is 5.82 Å². The zero-order valence-electron chi connectivity index (χ0n) is 14.0. The fourth-order valence-corrected chi connectivity index (χ4v) is 2.33. The zero-order valence-corrected chi connectivity index (χ0v) is 14.0. The molecule has 0 saturated carbocycles. The summed E-state index contributed by atoms with van der Waals surface area (Å²) in [5.74, 6) is -0.409. The second-order valence-corrected chi connectivity index (χ2v) is 5.96. The highest BCUT2D eigenvalue weighted by molar-refractivity contribution is 5.99. The fraction of sp³-hybridized carbons (Fsp3) is 0.375. The first-order chi connectivity index (χ1) is 11.3. The van der Waals surface area contributed by atoms with Crippen LogP contribution in [-0.4, -0.2) is 52.6 Å². The van der Waals surface area contributed by atoms with Crippen LogP contribution < -0.4 is 10.6 Å². The smallest absolute Gasteiger partial charge is 0.323 e. The van der Waals surface area contributed by atoms with Crippen LogP contribution in [0.5, 0.6) is 0 Å². The van der Waals surface area contributed by atoms with Gasteiger partial charge in [0.25, 0.3) is 0 Å². The Morgan fingerprint density at radius 3 is 2.71 bits per heavy atom. The minimum atomic E-state index is -0.558. The molecule has 24 heavy (non-hydrogen) atoms. The molecule has 1 aromatic carbocycles. The van der Waals surface area contributed by atoms with E-state index >= 15 is 0 Å². The number of halogens is 1. The van der Waals surface area contributed by atoms with E-state index in [1.807, 2.05) is 19.0 Å². The lowest BCUT2D eigenvalue weighted by molar-refractivity contribution is 0.116. The quantitative estimate of drug-likeness (QED) is 0.753. The van der Waals surface area contributed by atoms with Gasteiger partial charge in [-0.05, 0) is 44.8 Å². The molecule has 0 spiro atoms. The number of carbonyl (C=O) groups is 1. The van der Waals surface area contributed by atoms with Gasteiger partial charge in [0.15, 0.2) is 0 Å². The van der Waals surface area contributed by atoms with Gasteiger partial charge < -0.3 is 20.6 Å². The van der Waals surface area contributed by atoms with Crippen LogP contribution in [0.1, 0.15) is 5.56 Å². The number of aromatic nitrogens is 2. The van der Waals surface area contributed by atoms with E-state index in [1.165, 1.54) is 18.3 Å². The molecule has 0 aliphatic heterocycles. The lowest BCUT2D eigenvalue weighted by atomic mass is 10.2. The number of amides is 2. The Morgan fingerprint density at radius 2 is 2.04 bits per heavy atom. The van der Waals surface area contributed by atoms with E-state index in [2.05, 4.69) is 15.7 Å². The van der Waals surface area contributed by atoms with Crippen molar-refractivity contribution in [3.63, 3.8) is 0 Å². The summed E-state index contributed by atoms with van der Waals surface area (Å²) < 4.78 is 14.9. The molecule has 0 fully saturated rings. The summed E-state index contributed by atoms with van der Waals surface area (Å²) in [6, 6.07) is 3.80. The molecule has 7 nitrogen and oxygen atoms in total. The summed E-state index contributed by atoms with van der Waals surface area (Å²) in [7, 11) is 3.75. The average Bonchev–Trinajstić information content (AvgIpc) is 2.82. The summed E-state index contributed by atoms with van der Waals surface area (Å²) >= 11 is 0. The Morgan fingerprint density at radius 1 is 1.33 bits per heavy atom. The molecular formula is C16H22FN5O2. The molecule has 3 N–H and O–H groups in total. The minimum absolute atomic E-state index is 0.324. The minimum Gasteiger partial charge on any atom is -0.390 e. The first-order valence-electron chi connectivity index (χ1n) is 7.52. The van der Waals surface area contributed by atoms with Gasteiger partial charge in [-0.1, -0.05) is 0 Å². The van der Waals surface area contributed by atoms with Gasteiger partial charge in [0.2, 0.25) is 0 Å². The highest BCUT2D eigenvalue weighted by Crippen LogP contribution is 2.14. The monoisotopic (exact) mass is 335 g/mol. The SMILES string of the molecule is Cc1cc(F)cc(NC(=O)Nc2cnn(CC(O)CN(C)C)c2)c1. The molecule has 0 bridgehead atoms. The third-order valence-electron chi connectivity index (χ3n) is 3.16. The predicted octanol–water partition coefficient (Wildman–Crippen LogP) is 1.90. The molecule has 0 saturated heterocycles. The number of aliphatic hydroxyl groups is 1. The number of nitrogens with zero attached hydrogens (tertiary/aromatic N) is 3. The zero-order chi connectivity index (χ0) is 17.7. The Balaban J connectivity index is 1.90. The number of nitrogens with one attached hydrogen (secondary N) is 2. The molecule has 0 aliphatic carbocycles. The largest absolute Gasteiger partial charge is 0.390 e. The van der Waals surface area contributed by atoms with Gasteiger partial charge in [-0.25, -0.2) is 9.18 Å². The van der Waals surface area contributed by atoms with Crippen molar-refractivity contribution in [2.24, 2.45) is 0 Å². The lowest BCUT2D eigenvalue weighted by Crippen LogP contribution is -2.29. The number of urea groups is 1. The van der Waals surface area contributed by atoms with E-state index in [4.69, 9.17) is 0 Å². The van der Waals surface area contributed by atoms with Crippen LogP contribution in [0.3, 0.4) is 0 Å². The van der Waals surface area contributed by atoms with Crippen molar-refractivity contribution in [2.75, 3.05) is 31.3 Å². The number of likely N-dealkylation sites (N-methyl/N-ethyl adjacent to an activating group) is 1. The molecule has 8 heteroatoms. The molecule has 2 amide bonds. The van der Waals surface area contributed by atoms with Gasteiger partial charge in [-0.3, -0.25) is 4.68 Å². The van der Waals surface area contributed by atoms with Crippen LogP contribution >= 0.6 is 0 Å². The van der Waals surface area contributed by atoms with Crippen molar-refractivity contribution < 1.29 is 14.3 Å². The standard InChI is InChI=1S/C16H22FN5O2/c1-11-4-12(17)6-13(5-11)19-16(24)20-14-7-18-22(8-14)10-15(23)9-21(2)3/h4-8,15,23H,9-10H2,1-3H3,(H2,19,20,24). The number of aryl methyl sites for hydroxylation is 1. The van der Waals surface area contributed by atoms with E-state index in [1.54, 1.807) is 23.9 Å². The van der Waals surface area contributed by atoms with Gasteiger partial charge in [0, 0.05) is 18.4 Å². The molecule has 1 atom stereocenters. The molecule has 130 valence electrons. The number of carbonyl (C=O) groups excluding carboxylic acids is 1. The summed E-state index contributed by atoms with van der Waals surface area (Å²) in [6.07, 6.45) is 2.55. The van der Waals surface area contributed by atoms with Crippen LogP contribution in [0, 0.1) is 12.7 Å². The summed E-state index contributed by atoms with van der Waals surface area (Å²) in [5, 5.41) is 19.1. The van der Waals surface area contributed by atoms with E-state index in [-0.39, 0.29) is 0 Å². The number of hydrogen-bond donors (Lipinski definition) is 3. The summed E-state index contributed by atoms with van der Waals surface area (Å²) in [6.45, 7) is 2.59. The number of aliphatic hydroxyl groups excluding tert-OH is 1. The van der Waals surface area contributed by atoms with Crippen molar-refractivity contribution in [3.05, 3.63) is 42.0 Å². The topological polar surface area (TPSA) is 82.4 Å². The predicted molar refractivity (Wildman–Crippen MR) is 90.6 cm³/mol. The maximum absolute atomic E-state index is 13.3. The normalized spacial score (nSPS) is 12.2. The van der Waals surface area contributed by atoms with Crippen molar-refractivity contribution in [1.29, 1.82) is 0 Å². The van der Waals surface area contributed by atoms with Crippen LogP contribution in [-0.2, 0) is 6.54 Å². The first-order valence-corrected chi connectivity index (χ1v) is 7.52. The van der Waals surface area contributed by atoms with Crippen LogP contribution in [0.15, 0.2) is 30.6 Å². The van der Waals surface area contributed by atoms with Crippen LogP contribution in [0.25, 0.3) is 0 Å². The lowest BCUT2D eigenvalue weighted by Gasteiger charge is -2.15. The summed E-state index contributed by atoms with van der Waals surface area (Å²) in [4.78, 5) is 13.8. The molecule has 0 radical (unpaired) electrons. The Kier molecular flexibility index (Phi) is 5.88. The fourth-order valence-electron chi connectivity index (χ4n) is 2.33. The first kappa shape index (κ1) is 17.9. The van der Waals surface area contributed by atoms with Gasteiger partial charge in [0.05, 0.1) is 24.5 Å². The maximum Gasteiger partial charge on any atom is 0.323 e. The van der Waals surface area contributed by atoms with Crippen molar-refractivity contribution >= 4 is 17.4 Å². The number of hydrogen-bond acceptors (Lipinski definition) is 4. The van der Waals surface area contributed by atoms with Gasteiger partial charge in [-0.15, -0.1) is 0 Å². The van der Waals surface area contributed by atoms with Gasteiger partial charge >= 0.3 is 6.03 Å². The number of anilines is 2. The number of rotatable bonds is 6. The highest BCUT2D eigenvalue weighted by Gasteiger charge is 2.10. The Hall–Kier alpha value is -2.45. The molecule has 1 heterocycles. The van der Waals surface area contributed by atoms with Crippen molar-refractivity contribution in [2.45, 2.75) is 19.6 Å². The molecule has 0 aliphatic rings. The highest BCUT2D eigenvalue weighted by atomic mass is 19.1. The molecule has 2 aromatic rings. The second-order valence-electron chi connectivity index (χ2n) is 5.96. The summed E-state index contributed by atoms with van der Waals surface area (Å²) in [5.41, 5.74) is 1.57. The van der Waals surface area contributed by atoms with Crippen LogP contribution in [0.2, 0.25) is 0 Å². The van der Waals surface area contributed by atoms with E-state index < -0.39 is 18.0 Å². The second kappa shape index (κ2) is 7.89. The molecule has 1 unspecified atom stereocenters. The van der Waals surface area contributed by atoms with E-state index in [0.29, 0.717) is 30.0 Å². The Labute approximate surface area is 140 Å². The van der Waals surface area contributed by atoms with Crippen LogP contribution in [0.4, 0.5) is 20.6 Å². The molecule has 2 rings (SSSR count). The van der Waals surface area contributed by atoms with Gasteiger partial charge in [-0.2, -0.15) is 5.10 Å². The molecule has 1 aromatic heterocycles. The number of benzene rings is 1. The van der Waals surface area contributed by atoms with Crippen molar-refractivity contribution in [3.8, 4) is 0 Å². The van der Waals surface area contributed by atoms with E-state index in [0.717, 1.165) is 0 Å². The maximum atomic E-state index is 13.3.